The summed E-state index contributed by atoms with van der Waals surface area (Å²) in [7, 11) is 0. The van der Waals surface area contributed by atoms with Gasteiger partial charge in [0.25, 0.3) is 0 Å². The molecule has 2 heterocycles. The fourth-order valence-electron chi connectivity index (χ4n) is 2.17. The molecule has 1 aliphatic rings. The summed E-state index contributed by atoms with van der Waals surface area (Å²) in [5, 5.41) is 4.02. The number of likely N-dealkylation sites (tertiary alicyclic amines) is 1. The number of aryl methyl sites for hydroxylation is 1. The molecule has 0 N–H and O–H groups in total. The molecule has 0 bridgehead atoms. The van der Waals surface area contributed by atoms with Gasteiger partial charge in [-0.05, 0) is 33.2 Å². The molecule has 0 amide bonds. The lowest BCUT2D eigenvalue weighted by atomic mass is 9.96. The summed E-state index contributed by atoms with van der Waals surface area (Å²) < 4.78 is 5.03. The third-order valence-corrected chi connectivity index (χ3v) is 3.09. The van der Waals surface area contributed by atoms with Crippen molar-refractivity contribution in [2.24, 2.45) is 0 Å². The van der Waals surface area contributed by atoms with Gasteiger partial charge >= 0.3 is 0 Å². The number of piperidine rings is 1. The van der Waals surface area contributed by atoms with Crippen molar-refractivity contribution in [2.75, 3.05) is 13.1 Å². The molecule has 0 radical (unpaired) electrons. The number of hydrogen-bond donors (Lipinski definition) is 0. The van der Waals surface area contributed by atoms with E-state index in [4.69, 9.17) is 4.52 Å². The quantitative estimate of drug-likeness (QED) is 0.746. The third-order valence-electron chi connectivity index (χ3n) is 3.09. The minimum absolute atomic E-state index is 0.457. The lowest BCUT2D eigenvalue weighted by Gasteiger charge is -2.34. The highest BCUT2D eigenvalue weighted by Crippen LogP contribution is 2.25. The predicted molar refractivity (Wildman–Crippen MR) is 57.7 cm³/mol. The summed E-state index contributed by atoms with van der Waals surface area (Å²) in [5.41, 5.74) is 0. The lowest BCUT2D eigenvalue weighted by Crippen LogP contribution is -2.39. The van der Waals surface area contributed by atoms with Crippen molar-refractivity contribution in [3.8, 4) is 0 Å². The minimum Gasteiger partial charge on any atom is -0.340 e. The molecule has 0 aromatic carbocycles. The molecule has 15 heavy (non-hydrogen) atoms. The van der Waals surface area contributed by atoms with Crippen LogP contribution in [0.4, 0.5) is 0 Å². The molecular weight excluding hydrogens is 190 g/mol. The van der Waals surface area contributed by atoms with E-state index >= 15 is 0 Å². The van der Waals surface area contributed by atoms with Gasteiger partial charge in [-0.15, -0.1) is 0 Å². The molecule has 1 aliphatic heterocycles. The summed E-state index contributed by atoms with van der Waals surface area (Å²) in [6, 6.07) is 0.612. The van der Waals surface area contributed by atoms with Crippen molar-refractivity contribution in [3.05, 3.63) is 11.7 Å². The Morgan fingerprint density at radius 1 is 1.47 bits per heavy atom. The topological polar surface area (TPSA) is 42.2 Å². The molecule has 1 unspecified atom stereocenters. The molecule has 1 atom stereocenters. The Kier molecular flexibility index (Phi) is 3.05. The van der Waals surface area contributed by atoms with Gasteiger partial charge < -0.3 is 9.42 Å². The zero-order valence-corrected chi connectivity index (χ0v) is 9.73. The first kappa shape index (κ1) is 10.6. The Bertz CT molecular complexity index is 321. The summed E-state index contributed by atoms with van der Waals surface area (Å²) in [4.78, 5) is 6.81. The van der Waals surface area contributed by atoms with Crippen LogP contribution in [0.25, 0.3) is 0 Å². The molecular formula is C11H19N3O. The van der Waals surface area contributed by atoms with E-state index in [0.717, 1.165) is 12.4 Å². The van der Waals surface area contributed by atoms with Gasteiger partial charge in [-0.1, -0.05) is 5.16 Å². The van der Waals surface area contributed by atoms with Crippen LogP contribution >= 0.6 is 0 Å². The smallest absolute Gasteiger partial charge is 0.223 e. The van der Waals surface area contributed by atoms with E-state index < -0.39 is 0 Å². The molecule has 84 valence electrons. The van der Waals surface area contributed by atoms with Gasteiger partial charge in [-0.2, -0.15) is 4.98 Å². The normalized spacial score (nSPS) is 23.6. The molecule has 1 fully saturated rings. The van der Waals surface area contributed by atoms with E-state index in [2.05, 4.69) is 28.9 Å². The van der Waals surface area contributed by atoms with E-state index in [1.165, 1.54) is 19.4 Å². The second kappa shape index (κ2) is 4.31. The van der Waals surface area contributed by atoms with Gasteiger partial charge in [0.1, 0.15) is 0 Å². The number of aromatic nitrogens is 2. The maximum Gasteiger partial charge on any atom is 0.223 e. The molecule has 0 saturated carbocycles. The van der Waals surface area contributed by atoms with Gasteiger partial charge in [-0.25, -0.2) is 0 Å². The van der Waals surface area contributed by atoms with Crippen LogP contribution in [-0.4, -0.2) is 34.2 Å². The highest BCUT2D eigenvalue weighted by Gasteiger charge is 2.25. The lowest BCUT2D eigenvalue weighted by molar-refractivity contribution is 0.163. The third kappa shape index (κ3) is 2.37. The Labute approximate surface area is 90.7 Å². The first-order valence-corrected chi connectivity index (χ1v) is 5.71. The highest BCUT2D eigenvalue weighted by molar-refractivity contribution is 4.98. The van der Waals surface area contributed by atoms with E-state index in [1.54, 1.807) is 0 Å². The van der Waals surface area contributed by atoms with Crippen LogP contribution in [0.5, 0.6) is 0 Å². The fourth-order valence-corrected chi connectivity index (χ4v) is 2.17. The van der Waals surface area contributed by atoms with Crippen molar-refractivity contribution in [1.29, 1.82) is 0 Å². The Hall–Kier alpha value is -0.900. The first-order chi connectivity index (χ1) is 7.16. The Morgan fingerprint density at radius 2 is 2.27 bits per heavy atom. The van der Waals surface area contributed by atoms with Crippen LogP contribution in [0.1, 0.15) is 44.3 Å². The number of rotatable bonds is 2. The van der Waals surface area contributed by atoms with Crippen LogP contribution in [-0.2, 0) is 0 Å². The monoisotopic (exact) mass is 209 g/mol. The molecule has 2 rings (SSSR count). The van der Waals surface area contributed by atoms with E-state index in [-0.39, 0.29) is 0 Å². The van der Waals surface area contributed by atoms with Crippen LogP contribution in [0, 0.1) is 6.92 Å². The second-order valence-corrected chi connectivity index (χ2v) is 4.60. The zero-order chi connectivity index (χ0) is 10.8. The van der Waals surface area contributed by atoms with Crippen LogP contribution in [0.3, 0.4) is 0 Å². The zero-order valence-electron chi connectivity index (χ0n) is 9.73. The summed E-state index contributed by atoms with van der Waals surface area (Å²) in [6.07, 6.45) is 2.42. The predicted octanol–water partition coefficient (Wildman–Crippen LogP) is 1.97. The van der Waals surface area contributed by atoms with Crippen molar-refractivity contribution in [3.63, 3.8) is 0 Å². The maximum atomic E-state index is 5.03. The van der Waals surface area contributed by atoms with Crippen molar-refractivity contribution >= 4 is 0 Å². The largest absolute Gasteiger partial charge is 0.340 e. The first-order valence-electron chi connectivity index (χ1n) is 5.71. The number of hydrogen-bond acceptors (Lipinski definition) is 4. The molecule has 0 spiro atoms. The molecule has 4 nitrogen and oxygen atoms in total. The summed E-state index contributed by atoms with van der Waals surface area (Å²) >= 11 is 0. The summed E-state index contributed by atoms with van der Waals surface area (Å²) in [5.74, 6) is 2.02. The van der Waals surface area contributed by atoms with Gasteiger partial charge in [0.15, 0.2) is 5.82 Å². The van der Waals surface area contributed by atoms with Crippen LogP contribution in [0.2, 0.25) is 0 Å². The van der Waals surface area contributed by atoms with Crippen LogP contribution < -0.4 is 0 Å². The molecule has 1 saturated heterocycles. The van der Waals surface area contributed by atoms with Gasteiger partial charge in [0.05, 0.1) is 0 Å². The standard InChI is InChI=1S/C11H19N3O/c1-8(2)14-6-4-5-10(7-14)11-12-9(3)15-13-11/h8,10H,4-7H2,1-3H3. The van der Waals surface area contributed by atoms with E-state index in [9.17, 15) is 0 Å². The molecule has 1 aromatic rings. The maximum absolute atomic E-state index is 5.03. The summed E-state index contributed by atoms with van der Waals surface area (Å²) in [6.45, 7) is 8.59. The second-order valence-electron chi connectivity index (χ2n) is 4.60. The Balaban J connectivity index is 2.04. The van der Waals surface area contributed by atoms with Crippen molar-refractivity contribution in [1.82, 2.24) is 15.0 Å². The van der Waals surface area contributed by atoms with Gasteiger partial charge in [-0.3, -0.25) is 0 Å². The fraction of sp³-hybridized carbons (Fsp3) is 0.818. The van der Waals surface area contributed by atoms with Crippen molar-refractivity contribution in [2.45, 2.75) is 45.6 Å². The SMILES string of the molecule is Cc1nc(C2CCCN(C(C)C)C2)no1. The average Bonchev–Trinajstić information content (AvgIpc) is 2.65. The molecule has 1 aromatic heterocycles. The molecule has 4 heteroatoms. The van der Waals surface area contributed by atoms with Crippen molar-refractivity contribution < 1.29 is 4.52 Å². The van der Waals surface area contributed by atoms with Gasteiger partial charge in [0, 0.05) is 25.4 Å². The average molecular weight is 209 g/mol. The van der Waals surface area contributed by atoms with Gasteiger partial charge in [0.2, 0.25) is 5.89 Å². The Morgan fingerprint density at radius 3 is 2.87 bits per heavy atom. The van der Waals surface area contributed by atoms with Crippen LogP contribution in [0.15, 0.2) is 4.52 Å². The van der Waals surface area contributed by atoms with E-state index in [1.807, 2.05) is 6.92 Å². The molecule has 0 aliphatic carbocycles. The number of nitrogens with zero attached hydrogens (tertiary/aromatic N) is 3. The minimum atomic E-state index is 0.457. The van der Waals surface area contributed by atoms with E-state index in [0.29, 0.717) is 17.9 Å². The highest BCUT2D eigenvalue weighted by atomic mass is 16.5.